The van der Waals surface area contributed by atoms with Crippen LogP contribution in [0.15, 0.2) is 24.3 Å². The van der Waals surface area contributed by atoms with Crippen LogP contribution in [0, 0.1) is 5.92 Å². The van der Waals surface area contributed by atoms with Gasteiger partial charge in [-0.05, 0) is 18.1 Å². The van der Waals surface area contributed by atoms with Gasteiger partial charge in [0, 0.05) is 18.8 Å². The van der Waals surface area contributed by atoms with Gasteiger partial charge in [-0.1, -0.05) is 18.2 Å². The first-order valence-corrected chi connectivity index (χ1v) is 6.46. The number of rotatable bonds is 6. The van der Waals surface area contributed by atoms with Crippen LogP contribution in [0.3, 0.4) is 0 Å². The van der Waals surface area contributed by atoms with Crippen LogP contribution in [0.5, 0.6) is 0 Å². The van der Waals surface area contributed by atoms with E-state index in [4.69, 9.17) is 9.84 Å². The Bertz CT molecular complexity index is 435. The van der Waals surface area contributed by atoms with Crippen molar-refractivity contribution in [1.82, 2.24) is 0 Å². The quantitative estimate of drug-likeness (QED) is 0.743. The Morgan fingerprint density at radius 1 is 1.37 bits per heavy atom. The third-order valence-corrected chi connectivity index (χ3v) is 3.33. The van der Waals surface area contributed by atoms with Crippen molar-refractivity contribution in [2.75, 3.05) is 37.8 Å². The Morgan fingerprint density at radius 3 is 2.89 bits per heavy atom. The molecule has 0 saturated carbocycles. The molecule has 104 valence electrons. The van der Waals surface area contributed by atoms with Gasteiger partial charge in [-0.15, -0.1) is 0 Å². The normalized spacial score (nSPS) is 18.2. The summed E-state index contributed by atoms with van der Waals surface area (Å²) in [6.07, 6.45) is 0.583. The third-order valence-electron chi connectivity index (χ3n) is 3.33. The zero-order chi connectivity index (χ0) is 13.7. The molecule has 0 spiro atoms. The molecule has 19 heavy (non-hydrogen) atoms. The van der Waals surface area contributed by atoms with Gasteiger partial charge in [-0.2, -0.15) is 0 Å². The van der Waals surface area contributed by atoms with E-state index in [1.54, 1.807) is 0 Å². The molecule has 0 fully saturated rings. The number of carboxylic acid groups (broad SMARTS) is 1. The number of aliphatic hydroxyl groups excluding tert-OH is 1. The summed E-state index contributed by atoms with van der Waals surface area (Å²) in [6.45, 7) is 1.96. The largest absolute Gasteiger partial charge is 0.481 e. The molecular formula is C14H19NO4. The lowest BCUT2D eigenvalue weighted by atomic mass is 9.92. The number of benzene rings is 1. The number of anilines is 1. The molecule has 0 bridgehead atoms. The van der Waals surface area contributed by atoms with Gasteiger partial charge in [-0.25, -0.2) is 0 Å². The first-order chi connectivity index (χ1) is 9.22. The van der Waals surface area contributed by atoms with Crippen LogP contribution in [-0.4, -0.2) is 49.1 Å². The Hall–Kier alpha value is -1.59. The van der Waals surface area contributed by atoms with Crippen molar-refractivity contribution >= 4 is 11.7 Å². The van der Waals surface area contributed by atoms with E-state index in [0.717, 1.165) is 11.3 Å². The highest BCUT2D eigenvalue weighted by Gasteiger charge is 2.28. The lowest BCUT2D eigenvalue weighted by Crippen LogP contribution is -2.40. The molecule has 0 radical (unpaired) electrons. The maximum Gasteiger partial charge on any atom is 0.308 e. The lowest BCUT2D eigenvalue weighted by Gasteiger charge is -2.34. The van der Waals surface area contributed by atoms with Crippen LogP contribution in [-0.2, 0) is 16.0 Å². The molecular weight excluding hydrogens is 246 g/mol. The molecule has 0 amide bonds. The molecule has 2 N–H and O–H groups in total. The van der Waals surface area contributed by atoms with Crippen LogP contribution in [0.1, 0.15) is 5.56 Å². The second kappa shape index (κ2) is 6.54. The van der Waals surface area contributed by atoms with Gasteiger partial charge in [0.25, 0.3) is 0 Å². The van der Waals surface area contributed by atoms with Gasteiger partial charge in [0.15, 0.2) is 0 Å². The number of nitrogens with zero attached hydrogens (tertiary/aromatic N) is 1. The number of fused-ring (bicyclic) bond motifs is 1. The Kier molecular flexibility index (Phi) is 4.76. The average Bonchev–Trinajstić information content (AvgIpc) is 2.43. The summed E-state index contributed by atoms with van der Waals surface area (Å²) in [5.41, 5.74) is 2.16. The van der Waals surface area contributed by atoms with Gasteiger partial charge in [0.2, 0.25) is 0 Å². The monoisotopic (exact) mass is 265 g/mol. The van der Waals surface area contributed by atoms with Crippen LogP contribution < -0.4 is 4.90 Å². The number of hydrogen-bond acceptors (Lipinski definition) is 4. The van der Waals surface area contributed by atoms with Crippen molar-refractivity contribution in [3.63, 3.8) is 0 Å². The summed E-state index contributed by atoms with van der Waals surface area (Å²) in [4.78, 5) is 13.2. The molecule has 1 aliphatic heterocycles. The van der Waals surface area contributed by atoms with Gasteiger partial charge in [0.1, 0.15) is 0 Å². The van der Waals surface area contributed by atoms with Crippen molar-refractivity contribution in [3.05, 3.63) is 29.8 Å². The minimum Gasteiger partial charge on any atom is -0.481 e. The number of ether oxygens (including phenoxy) is 1. The number of para-hydroxylation sites is 1. The molecule has 1 heterocycles. The number of hydrogen-bond donors (Lipinski definition) is 2. The standard InChI is InChI=1S/C14H19NO4/c16-6-8-19-7-5-15-10-12(14(17)18)9-11-3-1-2-4-13(11)15/h1-4,12,16H,5-10H2,(H,17,18). The SMILES string of the molecule is O=C(O)C1Cc2ccccc2N(CCOCCO)C1. The minimum atomic E-state index is -0.754. The molecule has 1 unspecified atom stereocenters. The topological polar surface area (TPSA) is 70.0 Å². The van der Waals surface area contributed by atoms with E-state index in [9.17, 15) is 9.90 Å². The highest BCUT2D eigenvalue weighted by molar-refractivity contribution is 5.73. The number of carbonyl (C=O) groups is 1. The maximum atomic E-state index is 11.2. The molecule has 0 aliphatic carbocycles. The van der Waals surface area contributed by atoms with E-state index < -0.39 is 5.97 Å². The predicted molar refractivity (Wildman–Crippen MR) is 71.4 cm³/mol. The van der Waals surface area contributed by atoms with Crippen LogP contribution in [0.2, 0.25) is 0 Å². The molecule has 2 rings (SSSR count). The predicted octanol–water partition coefficient (Wildman–Crippen LogP) is 0.759. The second-order valence-electron chi connectivity index (χ2n) is 4.65. The zero-order valence-electron chi connectivity index (χ0n) is 10.8. The summed E-state index contributed by atoms with van der Waals surface area (Å²) in [5, 5.41) is 17.9. The molecule has 0 saturated heterocycles. The Balaban J connectivity index is 2.06. The van der Waals surface area contributed by atoms with Crippen molar-refractivity contribution in [1.29, 1.82) is 0 Å². The van der Waals surface area contributed by atoms with E-state index in [2.05, 4.69) is 4.90 Å². The Labute approximate surface area is 112 Å². The summed E-state index contributed by atoms with van der Waals surface area (Å²) in [7, 11) is 0. The van der Waals surface area contributed by atoms with Crippen LogP contribution in [0.4, 0.5) is 5.69 Å². The van der Waals surface area contributed by atoms with Gasteiger partial charge in [-0.3, -0.25) is 4.79 Å². The molecule has 5 heteroatoms. The maximum absolute atomic E-state index is 11.2. The number of aliphatic hydroxyl groups is 1. The van der Waals surface area contributed by atoms with Gasteiger partial charge in [0.05, 0.1) is 25.7 Å². The highest BCUT2D eigenvalue weighted by atomic mass is 16.5. The summed E-state index contributed by atoms with van der Waals surface area (Å²) < 4.78 is 5.26. The molecule has 0 aromatic heterocycles. The summed E-state index contributed by atoms with van der Waals surface area (Å²) in [6, 6.07) is 7.89. The minimum absolute atomic E-state index is 0.00827. The molecule has 1 aliphatic rings. The fourth-order valence-corrected chi connectivity index (χ4v) is 2.40. The number of aliphatic carboxylic acids is 1. The van der Waals surface area contributed by atoms with Crippen LogP contribution >= 0.6 is 0 Å². The fourth-order valence-electron chi connectivity index (χ4n) is 2.40. The van der Waals surface area contributed by atoms with Crippen molar-refractivity contribution in [3.8, 4) is 0 Å². The first kappa shape index (κ1) is 13.8. The zero-order valence-corrected chi connectivity index (χ0v) is 10.8. The third kappa shape index (κ3) is 3.45. The Morgan fingerprint density at radius 2 is 2.16 bits per heavy atom. The van der Waals surface area contributed by atoms with E-state index >= 15 is 0 Å². The van der Waals surface area contributed by atoms with E-state index in [1.807, 2.05) is 24.3 Å². The van der Waals surface area contributed by atoms with E-state index in [1.165, 1.54) is 0 Å². The molecule has 5 nitrogen and oxygen atoms in total. The van der Waals surface area contributed by atoms with Gasteiger partial charge >= 0.3 is 5.97 Å². The lowest BCUT2D eigenvalue weighted by molar-refractivity contribution is -0.141. The van der Waals surface area contributed by atoms with Crippen molar-refractivity contribution in [2.45, 2.75) is 6.42 Å². The van der Waals surface area contributed by atoms with E-state index in [-0.39, 0.29) is 12.5 Å². The smallest absolute Gasteiger partial charge is 0.308 e. The molecule has 1 aromatic rings. The fraction of sp³-hybridized carbons (Fsp3) is 0.500. The van der Waals surface area contributed by atoms with Crippen molar-refractivity contribution < 1.29 is 19.7 Å². The first-order valence-electron chi connectivity index (χ1n) is 6.46. The number of carboxylic acids is 1. The molecule has 1 aromatic carbocycles. The van der Waals surface area contributed by atoms with Crippen LogP contribution in [0.25, 0.3) is 0 Å². The molecule has 1 atom stereocenters. The van der Waals surface area contributed by atoms with Crippen molar-refractivity contribution in [2.24, 2.45) is 5.92 Å². The average molecular weight is 265 g/mol. The van der Waals surface area contributed by atoms with Gasteiger partial charge < -0.3 is 19.8 Å². The second-order valence-corrected chi connectivity index (χ2v) is 4.65. The highest BCUT2D eigenvalue weighted by Crippen LogP contribution is 2.29. The van der Waals surface area contributed by atoms with E-state index in [0.29, 0.717) is 32.7 Å². The summed E-state index contributed by atoms with van der Waals surface area (Å²) >= 11 is 0. The summed E-state index contributed by atoms with van der Waals surface area (Å²) in [5.74, 6) is -1.12.